The summed E-state index contributed by atoms with van der Waals surface area (Å²) < 4.78 is 0. The average Bonchev–Trinajstić information content (AvgIpc) is 2.25. The first-order chi connectivity index (χ1) is 7.10. The van der Waals surface area contributed by atoms with Gasteiger partial charge < -0.3 is 9.80 Å². The van der Waals surface area contributed by atoms with Crippen LogP contribution in [0.15, 0.2) is 0 Å². The third-order valence-electron chi connectivity index (χ3n) is 2.57. The number of piperazine rings is 1. The Morgan fingerprint density at radius 2 is 1.80 bits per heavy atom. The maximum Gasteiger partial charge on any atom is 0.312 e. The first-order valence-electron chi connectivity index (χ1n) is 5.24. The number of hydrogen-bond donors (Lipinski definition) is 0. The number of amides is 2. The van der Waals surface area contributed by atoms with E-state index in [1.54, 1.807) is 9.80 Å². The number of rotatable bonds is 4. The van der Waals surface area contributed by atoms with Gasteiger partial charge in [-0.2, -0.15) is 0 Å². The van der Waals surface area contributed by atoms with Crippen LogP contribution in [-0.2, 0) is 9.59 Å². The number of alkyl halides is 1. The van der Waals surface area contributed by atoms with Crippen LogP contribution < -0.4 is 0 Å². The normalized spacial score (nSPS) is 19.7. The Bertz CT molecular complexity index is 258. The van der Waals surface area contributed by atoms with Crippen LogP contribution in [0.25, 0.3) is 0 Å². The molecule has 1 unspecified atom stereocenters. The Hall–Kier alpha value is -0.580. The third kappa shape index (κ3) is 2.93. The molecular formula is C10H17BrN2O2. The van der Waals surface area contributed by atoms with Gasteiger partial charge in [-0.1, -0.05) is 22.9 Å². The van der Waals surface area contributed by atoms with E-state index in [2.05, 4.69) is 22.9 Å². The first-order valence-corrected chi connectivity index (χ1v) is 6.36. The molecule has 0 bridgehead atoms. The Kier molecular flexibility index (Phi) is 4.57. The molecule has 1 rings (SSSR count). The van der Waals surface area contributed by atoms with Crippen molar-refractivity contribution in [3.05, 3.63) is 0 Å². The summed E-state index contributed by atoms with van der Waals surface area (Å²) in [6.45, 7) is 6.55. The molecule has 1 atom stereocenters. The number of halogens is 1. The molecule has 15 heavy (non-hydrogen) atoms. The van der Waals surface area contributed by atoms with Gasteiger partial charge in [0.05, 0.1) is 0 Å². The number of carbonyl (C=O) groups excluding carboxylic acids is 2. The minimum Gasteiger partial charge on any atom is -0.333 e. The highest BCUT2D eigenvalue weighted by Gasteiger charge is 2.31. The second-order valence-electron chi connectivity index (χ2n) is 3.90. The van der Waals surface area contributed by atoms with E-state index >= 15 is 0 Å². The number of carbonyl (C=O) groups is 2. The molecule has 0 spiro atoms. The quantitative estimate of drug-likeness (QED) is 0.561. The highest BCUT2D eigenvalue weighted by molar-refractivity contribution is 9.09. The van der Waals surface area contributed by atoms with Crippen LogP contribution in [0.4, 0.5) is 0 Å². The summed E-state index contributed by atoms with van der Waals surface area (Å²) in [6, 6.07) is 0. The van der Waals surface area contributed by atoms with Gasteiger partial charge in [-0.3, -0.25) is 9.59 Å². The molecule has 1 saturated heterocycles. The molecule has 5 heteroatoms. The fourth-order valence-corrected chi connectivity index (χ4v) is 1.82. The second kappa shape index (κ2) is 5.49. The van der Waals surface area contributed by atoms with Crippen LogP contribution in [0.2, 0.25) is 0 Å². The van der Waals surface area contributed by atoms with E-state index in [1.165, 1.54) is 0 Å². The molecule has 0 aromatic carbocycles. The molecule has 4 nitrogen and oxygen atoms in total. The summed E-state index contributed by atoms with van der Waals surface area (Å²) in [5, 5.41) is 0.850. The smallest absolute Gasteiger partial charge is 0.312 e. The van der Waals surface area contributed by atoms with Crippen LogP contribution >= 0.6 is 15.9 Å². The third-order valence-corrected chi connectivity index (χ3v) is 3.68. The van der Waals surface area contributed by atoms with Crippen LogP contribution in [0, 0.1) is 5.92 Å². The van der Waals surface area contributed by atoms with E-state index in [0.29, 0.717) is 32.1 Å². The predicted molar refractivity (Wildman–Crippen MR) is 61.8 cm³/mol. The van der Waals surface area contributed by atoms with Crippen LogP contribution in [0.3, 0.4) is 0 Å². The van der Waals surface area contributed by atoms with E-state index < -0.39 is 0 Å². The molecule has 1 heterocycles. The standard InChI is InChI=1S/C10H17BrN2O2/c1-3-12-4-5-13(7-8(2)6-11)10(15)9(12)14/h8H,3-7H2,1-2H3. The Morgan fingerprint density at radius 3 is 2.33 bits per heavy atom. The van der Waals surface area contributed by atoms with Gasteiger partial charge in [0, 0.05) is 31.5 Å². The summed E-state index contributed by atoms with van der Waals surface area (Å²) in [6.07, 6.45) is 0. The van der Waals surface area contributed by atoms with E-state index in [4.69, 9.17) is 0 Å². The Morgan fingerprint density at radius 1 is 1.27 bits per heavy atom. The molecule has 0 saturated carbocycles. The van der Waals surface area contributed by atoms with E-state index in [9.17, 15) is 9.59 Å². The van der Waals surface area contributed by atoms with E-state index in [1.807, 2.05) is 6.92 Å². The molecule has 1 fully saturated rings. The van der Waals surface area contributed by atoms with Gasteiger partial charge in [-0.15, -0.1) is 0 Å². The van der Waals surface area contributed by atoms with Crippen LogP contribution in [-0.4, -0.2) is 53.1 Å². The lowest BCUT2D eigenvalue weighted by molar-refractivity contribution is -0.156. The molecule has 0 radical (unpaired) electrons. The molecule has 1 aliphatic heterocycles. The maximum absolute atomic E-state index is 11.7. The van der Waals surface area contributed by atoms with Crippen LogP contribution in [0.5, 0.6) is 0 Å². The maximum atomic E-state index is 11.7. The minimum absolute atomic E-state index is 0.351. The summed E-state index contributed by atoms with van der Waals surface area (Å²) >= 11 is 3.37. The predicted octanol–water partition coefficient (Wildman–Crippen LogP) is 0.708. The van der Waals surface area contributed by atoms with Crippen molar-refractivity contribution in [3.63, 3.8) is 0 Å². The molecule has 86 valence electrons. The minimum atomic E-state index is -0.356. The molecule has 1 aliphatic rings. The Balaban J connectivity index is 2.57. The first kappa shape index (κ1) is 12.5. The van der Waals surface area contributed by atoms with Crippen molar-refractivity contribution in [1.82, 2.24) is 9.80 Å². The fourth-order valence-electron chi connectivity index (χ4n) is 1.62. The zero-order valence-electron chi connectivity index (χ0n) is 9.20. The number of likely N-dealkylation sites (N-methyl/N-ethyl adjacent to an activating group) is 1. The lowest BCUT2D eigenvalue weighted by atomic mass is 10.2. The summed E-state index contributed by atoms with van der Waals surface area (Å²) in [5.41, 5.74) is 0. The zero-order valence-corrected chi connectivity index (χ0v) is 10.8. The summed E-state index contributed by atoms with van der Waals surface area (Å²) in [5.74, 6) is -0.323. The lowest BCUT2D eigenvalue weighted by Crippen LogP contribution is -2.55. The van der Waals surface area contributed by atoms with Crippen molar-refractivity contribution in [3.8, 4) is 0 Å². The topological polar surface area (TPSA) is 40.6 Å². The van der Waals surface area contributed by atoms with Crippen molar-refractivity contribution in [2.75, 3.05) is 31.5 Å². The Labute approximate surface area is 98.7 Å². The number of hydrogen-bond acceptors (Lipinski definition) is 2. The van der Waals surface area contributed by atoms with E-state index in [-0.39, 0.29) is 11.8 Å². The molecule has 0 aliphatic carbocycles. The van der Waals surface area contributed by atoms with Crippen molar-refractivity contribution < 1.29 is 9.59 Å². The van der Waals surface area contributed by atoms with E-state index in [0.717, 1.165) is 5.33 Å². The van der Waals surface area contributed by atoms with Crippen LogP contribution in [0.1, 0.15) is 13.8 Å². The average molecular weight is 277 g/mol. The highest BCUT2D eigenvalue weighted by atomic mass is 79.9. The highest BCUT2D eigenvalue weighted by Crippen LogP contribution is 2.09. The van der Waals surface area contributed by atoms with Crippen molar-refractivity contribution in [2.45, 2.75) is 13.8 Å². The van der Waals surface area contributed by atoms with Gasteiger partial charge in [-0.05, 0) is 12.8 Å². The monoisotopic (exact) mass is 276 g/mol. The van der Waals surface area contributed by atoms with Gasteiger partial charge in [0.25, 0.3) is 0 Å². The molecule has 0 N–H and O–H groups in total. The molecule has 0 aromatic rings. The summed E-state index contributed by atoms with van der Waals surface area (Å²) in [7, 11) is 0. The van der Waals surface area contributed by atoms with Crippen molar-refractivity contribution in [1.29, 1.82) is 0 Å². The van der Waals surface area contributed by atoms with Gasteiger partial charge in [0.1, 0.15) is 0 Å². The van der Waals surface area contributed by atoms with Crippen molar-refractivity contribution >= 4 is 27.7 Å². The van der Waals surface area contributed by atoms with Crippen molar-refractivity contribution in [2.24, 2.45) is 5.92 Å². The second-order valence-corrected chi connectivity index (χ2v) is 4.54. The molecule has 0 aromatic heterocycles. The van der Waals surface area contributed by atoms with Gasteiger partial charge in [0.15, 0.2) is 0 Å². The number of nitrogens with zero attached hydrogens (tertiary/aromatic N) is 2. The van der Waals surface area contributed by atoms with Gasteiger partial charge in [0.2, 0.25) is 0 Å². The zero-order chi connectivity index (χ0) is 11.4. The lowest BCUT2D eigenvalue weighted by Gasteiger charge is -2.34. The van der Waals surface area contributed by atoms with Gasteiger partial charge in [-0.25, -0.2) is 0 Å². The largest absolute Gasteiger partial charge is 0.333 e. The fraction of sp³-hybridized carbons (Fsp3) is 0.800. The molecule has 2 amide bonds. The summed E-state index contributed by atoms with van der Waals surface area (Å²) in [4.78, 5) is 26.5. The van der Waals surface area contributed by atoms with Gasteiger partial charge >= 0.3 is 11.8 Å². The molecular weight excluding hydrogens is 260 g/mol. The SMILES string of the molecule is CCN1CCN(CC(C)CBr)C(=O)C1=O.